The highest BCUT2D eigenvalue weighted by Gasteiger charge is 2.29. The number of nitrogens with zero attached hydrogens (tertiary/aromatic N) is 4. The predicted molar refractivity (Wildman–Crippen MR) is 161 cm³/mol. The van der Waals surface area contributed by atoms with Gasteiger partial charge < -0.3 is 15.1 Å². The Labute approximate surface area is 238 Å². The van der Waals surface area contributed by atoms with E-state index in [4.69, 9.17) is 4.98 Å². The van der Waals surface area contributed by atoms with Crippen molar-refractivity contribution in [2.45, 2.75) is 51.6 Å². The van der Waals surface area contributed by atoms with E-state index in [0.29, 0.717) is 31.1 Å². The number of para-hydroxylation sites is 1. The standard InChI is InChI=1S/C33H43N5O2/c1-24(25-12-6-4-7-13-25)34-33(40)31-27-16-10-11-17-29(27)35-32(26-14-8-5-9-15-26)28(31)22-37-19-21-38(30(39)23-37)20-18-36(2)3/h5,8-11,14-17,24-25H,4,6-7,12-13,18-23H2,1-3H3,(H,34,40)/t24-/m0/s1. The summed E-state index contributed by atoms with van der Waals surface area (Å²) >= 11 is 0. The summed E-state index contributed by atoms with van der Waals surface area (Å²) in [5.41, 5.74) is 4.19. The van der Waals surface area contributed by atoms with Gasteiger partial charge in [0.1, 0.15) is 0 Å². The van der Waals surface area contributed by atoms with Crippen LogP contribution in [0.25, 0.3) is 22.2 Å². The van der Waals surface area contributed by atoms with E-state index in [2.05, 4.69) is 34.2 Å². The molecule has 0 radical (unpaired) electrons. The van der Waals surface area contributed by atoms with Crippen LogP contribution in [0.2, 0.25) is 0 Å². The molecular formula is C33H43N5O2. The highest BCUT2D eigenvalue weighted by molar-refractivity contribution is 6.09. The van der Waals surface area contributed by atoms with Crippen LogP contribution in [0.3, 0.4) is 0 Å². The van der Waals surface area contributed by atoms with E-state index in [1.165, 1.54) is 32.1 Å². The summed E-state index contributed by atoms with van der Waals surface area (Å²) in [6.07, 6.45) is 6.10. The van der Waals surface area contributed by atoms with Gasteiger partial charge in [-0.2, -0.15) is 0 Å². The van der Waals surface area contributed by atoms with Gasteiger partial charge in [-0.05, 0) is 45.8 Å². The van der Waals surface area contributed by atoms with Crippen molar-refractivity contribution in [3.8, 4) is 11.3 Å². The van der Waals surface area contributed by atoms with E-state index in [0.717, 1.165) is 47.4 Å². The number of piperazine rings is 1. The largest absolute Gasteiger partial charge is 0.349 e. The molecule has 2 amide bonds. The third-order valence-electron chi connectivity index (χ3n) is 8.58. The highest BCUT2D eigenvalue weighted by Crippen LogP contribution is 2.33. The fraction of sp³-hybridized carbons (Fsp3) is 0.485. The van der Waals surface area contributed by atoms with Crippen molar-refractivity contribution in [3.05, 3.63) is 65.7 Å². The van der Waals surface area contributed by atoms with Crippen molar-refractivity contribution in [1.29, 1.82) is 0 Å². The first-order chi connectivity index (χ1) is 19.4. The van der Waals surface area contributed by atoms with Crippen molar-refractivity contribution < 1.29 is 9.59 Å². The Hall–Kier alpha value is -3.29. The Kier molecular flexibility index (Phi) is 9.12. The van der Waals surface area contributed by atoms with Gasteiger partial charge in [-0.15, -0.1) is 0 Å². The Morgan fingerprint density at radius 2 is 1.75 bits per heavy atom. The number of rotatable bonds is 9. The average Bonchev–Trinajstić information content (AvgIpc) is 2.97. The summed E-state index contributed by atoms with van der Waals surface area (Å²) in [5.74, 6) is 0.607. The van der Waals surface area contributed by atoms with Gasteiger partial charge in [0.2, 0.25) is 5.91 Å². The molecule has 2 heterocycles. The Balaban J connectivity index is 1.51. The molecule has 1 N–H and O–H groups in total. The summed E-state index contributed by atoms with van der Waals surface area (Å²) in [7, 11) is 4.06. The number of carbonyl (C=O) groups is 2. The van der Waals surface area contributed by atoms with Gasteiger partial charge in [0.15, 0.2) is 0 Å². The Morgan fingerprint density at radius 3 is 2.48 bits per heavy atom. The highest BCUT2D eigenvalue weighted by atomic mass is 16.2. The normalized spacial score (nSPS) is 17.9. The average molecular weight is 542 g/mol. The van der Waals surface area contributed by atoms with Crippen molar-refractivity contribution in [2.75, 3.05) is 46.8 Å². The SMILES string of the molecule is C[C@H](NC(=O)c1c(CN2CCN(CCN(C)C)C(=O)C2)c(-c2ccccc2)nc2ccccc12)C1CCCCC1. The molecule has 0 bridgehead atoms. The Bertz CT molecular complexity index is 1320. The number of nitrogens with one attached hydrogen (secondary N) is 1. The van der Waals surface area contributed by atoms with E-state index in [1.807, 2.05) is 61.5 Å². The smallest absolute Gasteiger partial charge is 0.252 e. The van der Waals surface area contributed by atoms with Crippen LogP contribution in [0, 0.1) is 5.92 Å². The van der Waals surface area contributed by atoms with Crippen molar-refractivity contribution in [3.63, 3.8) is 0 Å². The minimum Gasteiger partial charge on any atom is -0.349 e. The van der Waals surface area contributed by atoms with Crippen LogP contribution in [0.4, 0.5) is 0 Å². The fourth-order valence-electron chi connectivity index (χ4n) is 6.20. The first-order valence-electron chi connectivity index (χ1n) is 14.8. The maximum absolute atomic E-state index is 14.2. The number of likely N-dealkylation sites (N-methyl/N-ethyl adjacent to an activating group) is 1. The van der Waals surface area contributed by atoms with Gasteiger partial charge in [-0.25, -0.2) is 4.98 Å². The lowest BCUT2D eigenvalue weighted by molar-refractivity contribution is -0.136. The minimum atomic E-state index is -0.0419. The fourth-order valence-corrected chi connectivity index (χ4v) is 6.20. The third-order valence-corrected chi connectivity index (χ3v) is 8.58. The maximum Gasteiger partial charge on any atom is 0.252 e. The number of hydrogen-bond acceptors (Lipinski definition) is 5. The van der Waals surface area contributed by atoms with Crippen molar-refractivity contribution in [1.82, 2.24) is 25.0 Å². The second-order valence-corrected chi connectivity index (χ2v) is 11.8. The lowest BCUT2D eigenvalue weighted by Gasteiger charge is -2.35. The molecule has 212 valence electrons. The molecule has 1 aliphatic carbocycles. The molecule has 1 aromatic heterocycles. The number of carbonyl (C=O) groups excluding carboxylic acids is 2. The molecule has 0 unspecified atom stereocenters. The molecule has 40 heavy (non-hydrogen) atoms. The molecule has 2 fully saturated rings. The van der Waals surface area contributed by atoms with Crippen LogP contribution >= 0.6 is 0 Å². The molecule has 0 spiro atoms. The number of pyridine rings is 1. The molecule has 1 aliphatic heterocycles. The first-order valence-corrected chi connectivity index (χ1v) is 14.8. The molecular weight excluding hydrogens is 498 g/mol. The van der Waals surface area contributed by atoms with E-state index in [9.17, 15) is 9.59 Å². The molecule has 2 aromatic carbocycles. The topological polar surface area (TPSA) is 68.8 Å². The number of fused-ring (bicyclic) bond motifs is 1. The summed E-state index contributed by atoms with van der Waals surface area (Å²) < 4.78 is 0. The second kappa shape index (κ2) is 12.9. The van der Waals surface area contributed by atoms with Crippen LogP contribution in [0.5, 0.6) is 0 Å². The molecule has 7 heteroatoms. The van der Waals surface area contributed by atoms with Gasteiger partial charge in [-0.1, -0.05) is 67.8 Å². The molecule has 2 aliphatic rings. The van der Waals surface area contributed by atoms with Crippen LogP contribution in [0.15, 0.2) is 54.6 Å². The van der Waals surface area contributed by atoms with Gasteiger partial charge in [-0.3, -0.25) is 14.5 Å². The lowest BCUT2D eigenvalue weighted by Crippen LogP contribution is -2.51. The summed E-state index contributed by atoms with van der Waals surface area (Å²) in [6, 6.07) is 18.2. The van der Waals surface area contributed by atoms with E-state index < -0.39 is 0 Å². The molecule has 7 nitrogen and oxygen atoms in total. The van der Waals surface area contributed by atoms with Gasteiger partial charge >= 0.3 is 0 Å². The van der Waals surface area contributed by atoms with Crippen LogP contribution < -0.4 is 5.32 Å². The molecule has 1 atom stereocenters. The predicted octanol–water partition coefficient (Wildman–Crippen LogP) is 4.81. The van der Waals surface area contributed by atoms with Crippen LogP contribution in [0.1, 0.15) is 54.9 Å². The monoisotopic (exact) mass is 541 g/mol. The zero-order chi connectivity index (χ0) is 28.1. The summed E-state index contributed by atoms with van der Waals surface area (Å²) in [4.78, 5) is 38.6. The third kappa shape index (κ3) is 6.53. The number of amides is 2. The maximum atomic E-state index is 14.2. The van der Waals surface area contributed by atoms with Crippen molar-refractivity contribution in [2.24, 2.45) is 5.92 Å². The van der Waals surface area contributed by atoms with E-state index >= 15 is 0 Å². The summed E-state index contributed by atoms with van der Waals surface area (Å²) in [5, 5.41) is 4.25. The van der Waals surface area contributed by atoms with Gasteiger partial charge in [0, 0.05) is 55.3 Å². The number of aromatic nitrogens is 1. The number of benzene rings is 2. The Morgan fingerprint density at radius 1 is 1.02 bits per heavy atom. The first kappa shape index (κ1) is 28.2. The zero-order valence-corrected chi connectivity index (χ0v) is 24.2. The van der Waals surface area contributed by atoms with Gasteiger partial charge in [0.25, 0.3) is 5.91 Å². The lowest BCUT2D eigenvalue weighted by atomic mass is 9.84. The quantitative estimate of drug-likeness (QED) is 0.421. The minimum absolute atomic E-state index is 0.0419. The molecule has 1 saturated heterocycles. The second-order valence-electron chi connectivity index (χ2n) is 11.8. The summed E-state index contributed by atoms with van der Waals surface area (Å²) in [6.45, 7) is 6.03. The van der Waals surface area contributed by atoms with Crippen LogP contribution in [-0.4, -0.2) is 84.4 Å². The molecule has 1 saturated carbocycles. The van der Waals surface area contributed by atoms with Crippen molar-refractivity contribution >= 4 is 22.7 Å². The van der Waals surface area contributed by atoms with Crippen LogP contribution in [-0.2, 0) is 11.3 Å². The molecule has 3 aromatic rings. The number of hydrogen-bond donors (Lipinski definition) is 1. The van der Waals surface area contributed by atoms with E-state index in [1.54, 1.807) is 0 Å². The van der Waals surface area contributed by atoms with E-state index in [-0.39, 0.29) is 17.9 Å². The molecule has 5 rings (SSSR count). The van der Waals surface area contributed by atoms with Gasteiger partial charge in [0.05, 0.1) is 23.3 Å². The zero-order valence-electron chi connectivity index (χ0n) is 24.2.